The van der Waals surface area contributed by atoms with Crippen molar-refractivity contribution in [2.45, 2.75) is 33.2 Å². The molecule has 5 nitrogen and oxygen atoms in total. The molecule has 0 aliphatic carbocycles. The van der Waals surface area contributed by atoms with Crippen LogP contribution in [0.15, 0.2) is 18.2 Å². The summed E-state index contributed by atoms with van der Waals surface area (Å²) in [5, 5.41) is 5.90. The Morgan fingerprint density at radius 1 is 1.26 bits per heavy atom. The number of anilines is 1. The summed E-state index contributed by atoms with van der Waals surface area (Å²) in [5.41, 5.74) is 7.01. The zero-order valence-electron chi connectivity index (χ0n) is 11.8. The molecule has 0 saturated heterocycles. The van der Waals surface area contributed by atoms with Crippen LogP contribution in [-0.2, 0) is 4.79 Å². The highest BCUT2D eigenvalue weighted by Crippen LogP contribution is 2.16. The third-order valence-electron chi connectivity index (χ3n) is 2.56. The maximum Gasteiger partial charge on any atom is 0.248 e. The van der Waals surface area contributed by atoms with Gasteiger partial charge in [0.25, 0.3) is 0 Å². The summed E-state index contributed by atoms with van der Waals surface area (Å²) in [6.45, 7) is 8.04. The van der Waals surface area contributed by atoms with Gasteiger partial charge in [-0.2, -0.15) is 0 Å². The van der Waals surface area contributed by atoms with Crippen molar-refractivity contribution in [3.63, 3.8) is 0 Å². The molecular formula is C14H21N3O2. The van der Waals surface area contributed by atoms with Gasteiger partial charge in [0.2, 0.25) is 11.8 Å². The van der Waals surface area contributed by atoms with E-state index in [2.05, 4.69) is 10.6 Å². The molecule has 1 aromatic carbocycles. The molecule has 5 heteroatoms. The van der Waals surface area contributed by atoms with Gasteiger partial charge >= 0.3 is 0 Å². The van der Waals surface area contributed by atoms with Crippen LogP contribution in [0.25, 0.3) is 0 Å². The second-order valence-corrected chi connectivity index (χ2v) is 5.55. The van der Waals surface area contributed by atoms with Gasteiger partial charge in [-0.3, -0.25) is 9.59 Å². The molecule has 0 bridgehead atoms. The van der Waals surface area contributed by atoms with Gasteiger partial charge in [0, 0.05) is 16.8 Å². The van der Waals surface area contributed by atoms with Gasteiger partial charge in [-0.1, -0.05) is 0 Å². The molecule has 0 saturated carbocycles. The molecule has 0 heterocycles. The van der Waals surface area contributed by atoms with Crippen molar-refractivity contribution in [2.75, 3.05) is 11.9 Å². The monoisotopic (exact) mass is 263 g/mol. The lowest BCUT2D eigenvalue weighted by Crippen LogP contribution is -2.41. The Bertz CT molecular complexity index is 490. The van der Waals surface area contributed by atoms with Gasteiger partial charge in [0.1, 0.15) is 0 Å². The Kier molecular flexibility index (Phi) is 4.67. The smallest absolute Gasteiger partial charge is 0.248 e. The Labute approximate surface area is 113 Å². The molecule has 1 aromatic rings. The number of hydrogen-bond acceptors (Lipinski definition) is 3. The van der Waals surface area contributed by atoms with E-state index in [1.54, 1.807) is 18.2 Å². The van der Waals surface area contributed by atoms with E-state index in [4.69, 9.17) is 5.73 Å². The molecule has 0 fully saturated rings. The number of primary amides is 1. The quantitative estimate of drug-likeness (QED) is 0.768. The van der Waals surface area contributed by atoms with E-state index in [1.807, 2.05) is 27.7 Å². The van der Waals surface area contributed by atoms with Crippen LogP contribution in [0.4, 0.5) is 5.69 Å². The number of amides is 2. The van der Waals surface area contributed by atoms with E-state index in [-0.39, 0.29) is 18.0 Å². The largest absolute Gasteiger partial charge is 0.366 e. The number of aryl methyl sites for hydroxylation is 1. The molecule has 104 valence electrons. The summed E-state index contributed by atoms with van der Waals surface area (Å²) in [4.78, 5) is 22.8. The Balaban J connectivity index is 2.67. The van der Waals surface area contributed by atoms with Crippen LogP contribution >= 0.6 is 0 Å². The lowest BCUT2D eigenvalue weighted by molar-refractivity contribution is -0.115. The molecule has 0 aliphatic rings. The van der Waals surface area contributed by atoms with Gasteiger partial charge in [-0.25, -0.2) is 0 Å². The van der Waals surface area contributed by atoms with Crippen LogP contribution < -0.4 is 16.4 Å². The average molecular weight is 263 g/mol. The van der Waals surface area contributed by atoms with Crippen molar-refractivity contribution in [3.8, 4) is 0 Å². The highest BCUT2D eigenvalue weighted by atomic mass is 16.2. The van der Waals surface area contributed by atoms with Crippen molar-refractivity contribution < 1.29 is 9.59 Å². The summed E-state index contributed by atoms with van der Waals surface area (Å²) >= 11 is 0. The lowest BCUT2D eigenvalue weighted by Gasteiger charge is -2.20. The van der Waals surface area contributed by atoms with Gasteiger partial charge in [-0.05, 0) is 51.5 Å². The maximum atomic E-state index is 11.8. The lowest BCUT2D eigenvalue weighted by atomic mass is 10.1. The van der Waals surface area contributed by atoms with Gasteiger partial charge in [0.15, 0.2) is 0 Å². The molecule has 19 heavy (non-hydrogen) atoms. The number of rotatable bonds is 4. The first-order valence-corrected chi connectivity index (χ1v) is 6.14. The number of carbonyl (C=O) groups excluding carboxylic acids is 2. The minimum Gasteiger partial charge on any atom is -0.366 e. The highest BCUT2D eigenvalue weighted by molar-refractivity contribution is 5.96. The molecular weight excluding hydrogens is 242 g/mol. The predicted octanol–water partition coefficient (Wildman–Crippen LogP) is 1.42. The number of carbonyl (C=O) groups is 2. The predicted molar refractivity (Wildman–Crippen MR) is 76.1 cm³/mol. The van der Waals surface area contributed by atoms with E-state index in [0.29, 0.717) is 11.3 Å². The SMILES string of the molecule is Cc1cc(C(N)=O)ccc1NC(=O)CNC(C)(C)C. The molecule has 0 aliphatic heterocycles. The Hall–Kier alpha value is -1.88. The van der Waals surface area contributed by atoms with Crippen molar-refractivity contribution in [1.82, 2.24) is 5.32 Å². The van der Waals surface area contributed by atoms with Gasteiger partial charge < -0.3 is 16.4 Å². The number of hydrogen-bond donors (Lipinski definition) is 3. The van der Waals surface area contributed by atoms with Gasteiger partial charge in [0.05, 0.1) is 6.54 Å². The van der Waals surface area contributed by atoms with E-state index in [9.17, 15) is 9.59 Å². The fraction of sp³-hybridized carbons (Fsp3) is 0.429. The average Bonchev–Trinajstić information content (AvgIpc) is 2.28. The van der Waals surface area contributed by atoms with Gasteiger partial charge in [-0.15, -0.1) is 0 Å². The summed E-state index contributed by atoms with van der Waals surface area (Å²) in [6.07, 6.45) is 0. The van der Waals surface area contributed by atoms with Crippen molar-refractivity contribution >= 4 is 17.5 Å². The van der Waals surface area contributed by atoms with Crippen LogP contribution in [-0.4, -0.2) is 23.9 Å². The first kappa shape index (κ1) is 15.2. The topological polar surface area (TPSA) is 84.2 Å². The second kappa shape index (κ2) is 5.84. The number of nitrogens with one attached hydrogen (secondary N) is 2. The first-order valence-electron chi connectivity index (χ1n) is 6.14. The number of benzene rings is 1. The molecule has 0 atom stereocenters. The molecule has 0 aromatic heterocycles. The molecule has 4 N–H and O–H groups in total. The summed E-state index contributed by atoms with van der Waals surface area (Å²) in [7, 11) is 0. The normalized spacial score (nSPS) is 11.2. The molecule has 0 spiro atoms. The molecule has 0 unspecified atom stereocenters. The van der Waals surface area contributed by atoms with Crippen LogP contribution in [0.3, 0.4) is 0 Å². The van der Waals surface area contributed by atoms with Crippen LogP contribution in [0.1, 0.15) is 36.7 Å². The standard InChI is InChI=1S/C14H21N3O2/c1-9-7-10(13(15)19)5-6-11(9)17-12(18)8-16-14(2,3)4/h5-7,16H,8H2,1-4H3,(H2,15,19)(H,17,18). The maximum absolute atomic E-state index is 11.8. The first-order chi connectivity index (χ1) is 8.69. The van der Waals surface area contributed by atoms with Crippen molar-refractivity contribution in [3.05, 3.63) is 29.3 Å². The zero-order chi connectivity index (χ0) is 14.6. The third-order valence-corrected chi connectivity index (χ3v) is 2.56. The van der Waals surface area contributed by atoms with Crippen LogP contribution in [0.2, 0.25) is 0 Å². The summed E-state index contributed by atoms with van der Waals surface area (Å²) < 4.78 is 0. The third kappa shape index (κ3) is 5.09. The van der Waals surface area contributed by atoms with E-state index in [1.165, 1.54) is 0 Å². The summed E-state index contributed by atoms with van der Waals surface area (Å²) in [5.74, 6) is -0.597. The number of nitrogens with two attached hydrogens (primary N) is 1. The summed E-state index contributed by atoms with van der Waals surface area (Å²) in [6, 6.07) is 4.95. The molecule has 2 amide bonds. The Morgan fingerprint density at radius 2 is 1.89 bits per heavy atom. The van der Waals surface area contributed by atoms with E-state index in [0.717, 1.165) is 5.56 Å². The zero-order valence-corrected chi connectivity index (χ0v) is 11.8. The minimum atomic E-state index is -0.477. The molecule has 0 radical (unpaired) electrons. The van der Waals surface area contributed by atoms with Crippen LogP contribution in [0, 0.1) is 6.92 Å². The van der Waals surface area contributed by atoms with E-state index < -0.39 is 5.91 Å². The Morgan fingerprint density at radius 3 is 2.37 bits per heavy atom. The van der Waals surface area contributed by atoms with Crippen LogP contribution in [0.5, 0.6) is 0 Å². The fourth-order valence-corrected chi connectivity index (χ4v) is 1.50. The van der Waals surface area contributed by atoms with Crippen molar-refractivity contribution in [2.24, 2.45) is 5.73 Å². The second-order valence-electron chi connectivity index (χ2n) is 5.55. The fourth-order valence-electron chi connectivity index (χ4n) is 1.50. The van der Waals surface area contributed by atoms with E-state index >= 15 is 0 Å². The highest BCUT2D eigenvalue weighted by Gasteiger charge is 2.12. The minimum absolute atomic E-state index is 0.109. The van der Waals surface area contributed by atoms with Crippen molar-refractivity contribution in [1.29, 1.82) is 0 Å². The molecule has 1 rings (SSSR count).